The highest BCUT2D eigenvalue weighted by molar-refractivity contribution is 5.92. The van der Waals surface area contributed by atoms with E-state index in [-0.39, 0.29) is 5.41 Å². The molecule has 8 heteroatoms. The van der Waals surface area contributed by atoms with E-state index >= 15 is 0 Å². The Bertz CT molecular complexity index is 1340. The van der Waals surface area contributed by atoms with Gasteiger partial charge in [-0.3, -0.25) is 4.79 Å². The van der Waals surface area contributed by atoms with E-state index in [0.29, 0.717) is 18.0 Å². The molecule has 1 amide bonds. The van der Waals surface area contributed by atoms with Crippen LogP contribution < -0.4 is 5.73 Å². The van der Waals surface area contributed by atoms with Crippen LogP contribution in [0.15, 0.2) is 54.9 Å². The van der Waals surface area contributed by atoms with Gasteiger partial charge in [0.15, 0.2) is 0 Å². The summed E-state index contributed by atoms with van der Waals surface area (Å²) in [4.78, 5) is 11.8. The van der Waals surface area contributed by atoms with Crippen molar-refractivity contribution >= 4 is 11.4 Å². The Morgan fingerprint density at radius 3 is 2.77 bits per heavy atom. The number of amides is 1. The number of aryl methyl sites for hydroxylation is 1. The molecule has 31 heavy (non-hydrogen) atoms. The SMILES string of the molecule is Cn1cnnc1C1(c2cccc(-c3cc4cccc(C(N)=O)n4n3)c2)CC(CC#N)C1. The Balaban J connectivity index is 1.59. The Hall–Kier alpha value is -3.99. The maximum atomic E-state index is 11.8. The first-order valence-corrected chi connectivity index (χ1v) is 10.1. The van der Waals surface area contributed by atoms with Gasteiger partial charge in [0.2, 0.25) is 0 Å². The normalized spacial score (nSPS) is 20.3. The minimum Gasteiger partial charge on any atom is -0.364 e. The molecule has 1 aliphatic carbocycles. The molecule has 0 bridgehead atoms. The summed E-state index contributed by atoms with van der Waals surface area (Å²) in [5.74, 6) is 0.733. The van der Waals surface area contributed by atoms with Crippen molar-refractivity contribution in [3.63, 3.8) is 0 Å². The smallest absolute Gasteiger partial charge is 0.267 e. The summed E-state index contributed by atoms with van der Waals surface area (Å²) in [6.45, 7) is 0. The molecule has 1 fully saturated rings. The van der Waals surface area contributed by atoms with E-state index < -0.39 is 5.91 Å². The van der Waals surface area contributed by atoms with Crippen LogP contribution >= 0.6 is 0 Å². The van der Waals surface area contributed by atoms with Gasteiger partial charge in [0.05, 0.1) is 22.7 Å². The summed E-state index contributed by atoms with van der Waals surface area (Å²) in [6.07, 6.45) is 3.97. The molecule has 8 nitrogen and oxygen atoms in total. The molecule has 3 heterocycles. The second-order valence-electron chi connectivity index (χ2n) is 8.21. The molecule has 0 radical (unpaired) electrons. The minimum absolute atomic E-state index is 0.277. The third-order valence-corrected chi connectivity index (χ3v) is 6.24. The third kappa shape index (κ3) is 2.97. The quantitative estimate of drug-likeness (QED) is 0.542. The molecule has 0 aliphatic heterocycles. The summed E-state index contributed by atoms with van der Waals surface area (Å²) < 4.78 is 3.54. The topological polar surface area (TPSA) is 115 Å². The largest absolute Gasteiger partial charge is 0.364 e. The van der Waals surface area contributed by atoms with Crippen LogP contribution in [0.25, 0.3) is 16.8 Å². The Morgan fingerprint density at radius 2 is 2.06 bits per heavy atom. The molecule has 154 valence electrons. The van der Waals surface area contributed by atoms with Crippen molar-refractivity contribution in [2.24, 2.45) is 18.7 Å². The molecule has 0 atom stereocenters. The van der Waals surface area contributed by atoms with Crippen LogP contribution in [0.1, 0.15) is 41.1 Å². The first kappa shape index (κ1) is 19.0. The van der Waals surface area contributed by atoms with Crippen LogP contribution in [0.4, 0.5) is 0 Å². The van der Waals surface area contributed by atoms with Crippen molar-refractivity contribution in [2.75, 3.05) is 0 Å². The Labute approximate surface area is 178 Å². The van der Waals surface area contributed by atoms with Crippen LogP contribution in [0.3, 0.4) is 0 Å². The molecule has 1 aromatic carbocycles. The fourth-order valence-electron chi connectivity index (χ4n) is 4.78. The highest BCUT2D eigenvalue weighted by Gasteiger charge is 2.49. The van der Waals surface area contributed by atoms with Crippen molar-refractivity contribution in [1.82, 2.24) is 24.4 Å². The average molecular weight is 411 g/mol. The Kier molecular flexibility index (Phi) is 4.33. The predicted molar refractivity (Wildman–Crippen MR) is 114 cm³/mol. The molecule has 0 unspecified atom stereocenters. The molecule has 0 spiro atoms. The van der Waals surface area contributed by atoms with Crippen LogP contribution in [0.2, 0.25) is 0 Å². The molecular weight excluding hydrogens is 390 g/mol. The van der Waals surface area contributed by atoms with Crippen LogP contribution in [0.5, 0.6) is 0 Å². The lowest BCUT2D eigenvalue weighted by molar-refractivity contribution is 0.0993. The summed E-state index contributed by atoms with van der Waals surface area (Å²) in [5.41, 5.74) is 9.20. The van der Waals surface area contributed by atoms with Gasteiger partial charge >= 0.3 is 0 Å². The minimum atomic E-state index is -0.520. The fraction of sp³-hybridized carbons (Fsp3) is 0.261. The molecule has 0 saturated heterocycles. The number of pyridine rings is 1. The van der Waals surface area contributed by atoms with Gasteiger partial charge in [0.25, 0.3) is 5.91 Å². The lowest BCUT2D eigenvalue weighted by atomic mass is 9.57. The number of nitrogens with two attached hydrogens (primary N) is 1. The predicted octanol–water partition coefficient (Wildman–Crippen LogP) is 2.84. The zero-order valence-corrected chi connectivity index (χ0v) is 17.1. The molecule has 1 saturated carbocycles. The lowest BCUT2D eigenvalue weighted by Crippen LogP contribution is -2.44. The van der Waals surface area contributed by atoms with E-state index in [2.05, 4.69) is 33.5 Å². The number of carbonyl (C=O) groups excluding carboxylic acids is 1. The van der Waals surface area contributed by atoms with Crippen LogP contribution in [-0.4, -0.2) is 30.3 Å². The van der Waals surface area contributed by atoms with Crippen LogP contribution in [0, 0.1) is 17.2 Å². The molecule has 1 aliphatic rings. The second-order valence-corrected chi connectivity index (χ2v) is 8.21. The van der Waals surface area contributed by atoms with Crippen LogP contribution in [-0.2, 0) is 12.5 Å². The van der Waals surface area contributed by atoms with Gasteiger partial charge in [-0.25, -0.2) is 4.52 Å². The molecular formula is C23H21N7O. The van der Waals surface area contributed by atoms with E-state index in [9.17, 15) is 4.79 Å². The Morgan fingerprint density at radius 1 is 1.26 bits per heavy atom. The first-order chi connectivity index (χ1) is 15.0. The van der Waals surface area contributed by atoms with Crippen molar-refractivity contribution in [1.29, 1.82) is 5.26 Å². The number of primary amides is 1. The zero-order chi connectivity index (χ0) is 21.6. The third-order valence-electron chi connectivity index (χ3n) is 6.24. The van der Waals surface area contributed by atoms with Gasteiger partial charge in [0.1, 0.15) is 17.8 Å². The molecule has 5 rings (SSSR count). The van der Waals surface area contributed by atoms with E-state index in [0.717, 1.165) is 41.0 Å². The number of fused-ring (bicyclic) bond motifs is 1. The van der Waals surface area contributed by atoms with Crippen molar-refractivity contribution in [3.8, 4) is 17.3 Å². The average Bonchev–Trinajstić information content (AvgIpc) is 3.36. The van der Waals surface area contributed by atoms with Gasteiger partial charge in [-0.15, -0.1) is 10.2 Å². The van der Waals surface area contributed by atoms with E-state index in [1.807, 2.05) is 35.9 Å². The number of nitriles is 1. The summed E-state index contributed by atoms with van der Waals surface area (Å²) in [7, 11) is 1.95. The van der Waals surface area contributed by atoms with Crippen molar-refractivity contribution in [3.05, 3.63) is 71.9 Å². The fourth-order valence-corrected chi connectivity index (χ4v) is 4.78. The van der Waals surface area contributed by atoms with Gasteiger partial charge in [0, 0.05) is 19.0 Å². The lowest BCUT2D eigenvalue weighted by Gasteiger charge is -2.46. The number of hydrogen-bond acceptors (Lipinski definition) is 5. The zero-order valence-electron chi connectivity index (χ0n) is 17.1. The van der Waals surface area contributed by atoms with E-state index in [1.54, 1.807) is 23.0 Å². The number of carbonyl (C=O) groups is 1. The summed E-state index contributed by atoms with van der Waals surface area (Å²) >= 11 is 0. The number of hydrogen-bond donors (Lipinski definition) is 1. The van der Waals surface area contributed by atoms with Gasteiger partial charge in [-0.1, -0.05) is 24.3 Å². The van der Waals surface area contributed by atoms with Gasteiger partial charge < -0.3 is 10.3 Å². The highest BCUT2D eigenvalue weighted by Crippen LogP contribution is 2.53. The maximum absolute atomic E-state index is 11.8. The van der Waals surface area contributed by atoms with Crippen molar-refractivity contribution in [2.45, 2.75) is 24.7 Å². The van der Waals surface area contributed by atoms with E-state index in [4.69, 9.17) is 11.0 Å². The second kappa shape index (κ2) is 7.06. The molecule has 4 aromatic rings. The number of benzene rings is 1. The number of aromatic nitrogens is 5. The number of rotatable bonds is 5. The van der Waals surface area contributed by atoms with E-state index in [1.165, 1.54) is 0 Å². The monoisotopic (exact) mass is 411 g/mol. The molecule has 3 aromatic heterocycles. The van der Waals surface area contributed by atoms with Crippen molar-refractivity contribution < 1.29 is 4.79 Å². The van der Waals surface area contributed by atoms with Gasteiger partial charge in [-0.05, 0) is 48.6 Å². The van der Waals surface area contributed by atoms with Gasteiger partial charge in [-0.2, -0.15) is 10.4 Å². The standard InChI is InChI=1S/C23H21N7O/c1-29-14-26-27-22(29)23(12-15(13-23)8-9-24)17-5-2-4-16(10-17)19-11-18-6-3-7-20(21(25)31)30(18)28-19/h2-7,10-11,14-15H,8,12-13H2,1H3,(H2,25,31). The maximum Gasteiger partial charge on any atom is 0.267 e. The highest BCUT2D eigenvalue weighted by atomic mass is 16.1. The summed E-state index contributed by atoms with van der Waals surface area (Å²) in [5, 5.41) is 22.3. The molecule has 2 N–H and O–H groups in total. The number of nitrogens with zero attached hydrogens (tertiary/aromatic N) is 6. The first-order valence-electron chi connectivity index (χ1n) is 10.1. The summed E-state index contributed by atoms with van der Waals surface area (Å²) in [6, 6.07) is 17.8.